The molecule has 0 unspecified atom stereocenters. The molecule has 102 valence electrons. The lowest BCUT2D eigenvalue weighted by Crippen LogP contribution is -2.30. The van der Waals surface area contributed by atoms with Gasteiger partial charge < -0.3 is 14.2 Å². The highest BCUT2D eigenvalue weighted by atomic mass is 16.5. The van der Waals surface area contributed by atoms with E-state index in [0.717, 1.165) is 30.6 Å². The average molecular weight is 261 g/mol. The van der Waals surface area contributed by atoms with Gasteiger partial charge in [0, 0.05) is 6.07 Å². The monoisotopic (exact) mass is 261 g/mol. The minimum absolute atomic E-state index is 0.229. The molecule has 1 aliphatic carbocycles. The Morgan fingerprint density at radius 1 is 1.05 bits per heavy atom. The number of methoxy groups -OCH3 is 3. The van der Waals surface area contributed by atoms with Gasteiger partial charge in [-0.25, -0.2) is 0 Å². The number of benzene rings is 1. The van der Waals surface area contributed by atoms with Crippen molar-refractivity contribution >= 4 is 0 Å². The van der Waals surface area contributed by atoms with Gasteiger partial charge in [0.15, 0.2) is 11.5 Å². The highest BCUT2D eigenvalue weighted by Gasteiger charge is 2.38. The van der Waals surface area contributed by atoms with Crippen LogP contribution in [-0.4, -0.2) is 21.3 Å². The van der Waals surface area contributed by atoms with E-state index in [1.54, 1.807) is 21.3 Å². The van der Waals surface area contributed by atoms with E-state index >= 15 is 0 Å². The van der Waals surface area contributed by atoms with Crippen LogP contribution in [0.15, 0.2) is 12.1 Å². The topological polar surface area (TPSA) is 51.5 Å². The van der Waals surface area contributed by atoms with Crippen LogP contribution in [0, 0.1) is 16.7 Å². The van der Waals surface area contributed by atoms with Gasteiger partial charge in [0.2, 0.25) is 0 Å². The lowest BCUT2D eigenvalue weighted by molar-refractivity contribution is 0.211. The van der Waals surface area contributed by atoms with Crippen LogP contribution in [0.25, 0.3) is 0 Å². The Morgan fingerprint density at radius 2 is 1.63 bits per heavy atom. The first kappa shape index (κ1) is 13.5. The summed E-state index contributed by atoms with van der Waals surface area (Å²) in [6.45, 7) is 0. The first-order chi connectivity index (χ1) is 9.18. The molecule has 1 fully saturated rings. The number of nitrogens with zero attached hydrogens (tertiary/aromatic N) is 1. The van der Waals surface area contributed by atoms with E-state index in [2.05, 4.69) is 6.07 Å². The molecular weight excluding hydrogens is 242 g/mol. The molecule has 1 aromatic rings. The summed E-state index contributed by atoms with van der Waals surface area (Å²) in [5, 5.41) is 9.34. The van der Waals surface area contributed by atoms with Crippen molar-refractivity contribution in [3.63, 3.8) is 0 Å². The fourth-order valence-electron chi connectivity index (χ4n) is 2.53. The molecule has 0 heterocycles. The summed E-state index contributed by atoms with van der Waals surface area (Å²) >= 11 is 0. The molecule has 0 radical (unpaired) electrons. The maximum atomic E-state index is 9.34. The van der Waals surface area contributed by atoms with Gasteiger partial charge >= 0.3 is 0 Å². The van der Waals surface area contributed by atoms with Gasteiger partial charge in [-0.1, -0.05) is 6.42 Å². The summed E-state index contributed by atoms with van der Waals surface area (Å²) in [5.41, 5.74) is 0.772. The zero-order valence-electron chi connectivity index (χ0n) is 11.7. The Morgan fingerprint density at radius 3 is 2.05 bits per heavy atom. The van der Waals surface area contributed by atoms with Crippen LogP contribution in [0.3, 0.4) is 0 Å². The molecule has 0 atom stereocenters. The second-order valence-corrected chi connectivity index (χ2v) is 4.94. The number of hydrogen-bond acceptors (Lipinski definition) is 4. The van der Waals surface area contributed by atoms with E-state index in [0.29, 0.717) is 17.9 Å². The summed E-state index contributed by atoms with van der Waals surface area (Å²) in [6.07, 6.45) is 3.75. The van der Waals surface area contributed by atoms with Crippen molar-refractivity contribution < 1.29 is 14.2 Å². The fraction of sp³-hybridized carbons (Fsp3) is 0.533. The van der Waals surface area contributed by atoms with Crippen LogP contribution in [0.5, 0.6) is 17.2 Å². The normalized spacial score (nSPS) is 16.1. The lowest BCUT2D eigenvalue weighted by Gasteiger charge is -2.35. The maximum absolute atomic E-state index is 9.34. The molecular formula is C15H19NO3. The molecule has 0 spiro atoms. The predicted molar refractivity (Wildman–Crippen MR) is 71.7 cm³/mol. The largest absolute Gasteiger partial charge is 0.496 e. The van der Waals surface area contributed by atoms with Gasteiger partial charge in [-0.15, -0.1) is 0 Å². The molecule has 2 rings (SSSR count). The SMILES string of the molecule is COc1cc(OC)c(OC)cc1CC1(C#N)CCC1. The minimum atomic E-state index is -0.229. The van der Waals surface area contributed by atoms with Gasteiger partial charge in [0.1, 0.15) is 5.75 Å². The number of hydrogen-bond donors (Lipinski definition) is 0. The third kappa shape index (κ3) is 2.46. The van der Waals surface area contributed by atoms with E-state index in [1.807, 2.05) is 12.1 Å². The van der Waals surface area contributed by atoms with Crippen molar-refractivity contribution in [2.24, 2.45) is 5.41 Å². The molecule has 4 nitrogen and oxygen atoms in total. The van der Waals surface area contributed by atoms with Crippen molar-refractivity contribution in [3.05, 3.63) is 17.7 Å². The van der Waals surface area contributed by atoms with Gasteiger partial charge in [0.25, 0.3) is 0 Å². The van der Waals surface area contributed by atoms with Gasteiger partial charge in [-0.2, -0.15) is 5.26 Å². The molecule has 1 aliphatic rings. The van der Waals surface area contributed by atoms with Crippen LogP contribution < -0.4 is 14.2 Å². The van der Waals surface area contributed by atoms with E-state index in [1.165, 1.54) is 0 Å². The summed E-state index contributed by atoms with van der Waals surface area (Å²) in [7, 11) is 4.84. The maximum Gasteiger partial charge on any atom is 0.164 e. The van der Waals surface area contributed by atoms with Crippen LogP contribution in [-0.2, 0) is 6.42 Å². The Bertz CT molecular complexity index is 501. The van der Waals surface area contributed by atoms with E-state index in [4.69, 9.17) is 14.2 Å². The quantitative estimate of drug-likeness (QED) is 0.817. The summed E-state index contributed by atoms with van der Waals surface area (Å²) in [6, 6.07) is 6.18. The fourth-order valence-corrected chi connectivity index (χ4v) is 2.53. The van der Waals surface area contributed by atoms with Crippen LogP contribution in [0.1, 0.15) is 24.8 Å². The smallest absolute Gasteiger partial charge is 0.164 e. The zero-order chi connectivity index (χ0) is 13.9. The Kier molecular flexibility index (Phi) is 3.84. The number of ether oxygens (including phenoxy) is 3. The van der Waals surface area contributed by atoms with Crippen molar-refractivity contribution in [3.8, 4) is 23.3 Å². The van der Waals surface area contributed by atoms with Crippen molar-refractivity contribution in [1.29, 1.82) is 5.26 Å². The molecule has 0 bridgehead atoms. The molecule has 0 saturated heterocycles. The Labute approximate surface area is 113 Å². The lowest BCUT2D eigenvalue weighted by atomic mass is 9.66. The summed E-state index contributed by atoms with van der Waals surface area (Å²) in [5.74, 6) is 2.06. The molecule has 1 aromatic carbocycles. The van der Waals surface area contributed by atoms with E-state index in [-0.39, 0.29) is 5.41 Å². The van der Waals surface area contributed by atoms with Crippen LogP contribution >= 0.6 is 0 Å². The minimum Gasteiger partial charge on any atom is -0.496 e. The van der Waals surface area contributed by atoms with Crippen molar-refractivity contribution in [2.45, 2.75) is 25.7 Å². The predicted octanol–water partition coefficient (Wildman–Crippen LogP) is 2.95. The van der Waals surface area contributed by atoms with Crippen molar-refractivity contribution in [2.75, 3.05) is 21.3 Å². The molecule has 0 aromatic heterocycles. The second kappa shape index (κ2) is 5.40. The van der Waals surface area contributed by atoms with Crippen molar-refractivity contribution in [1.82, 2.24) is 0 Å². The first-order valence-electron chi connectivity index (χ1n) is 6.38. The zero-order valence-corrected chi connectivity index (χ0v) is 11.7. The first-order valence-corrected chi connectivity index (χ1v) is 6.38. The number of rotatable bonds is 5. The van der Waals surface area contributed by atoms with Crippen LogP contribution in [0.2, 0.25) is 0 Å². The summed E-state index contributed by atoms with van der Waals surface area (Å²) < 4.78 is 16.0. The van der Waals surface area contributed by atoms with Crippen LogP contribution in [0.4, 0.5) is 0 Å². The third-order valence-electron chi connectivity index (χ3n) is 3.86. The van der Waals surface area contributed by atoms with Gasteiger partial charge in [-0.3, -0.25) is 0 Å². The molecule has 19 heavy (non-hydrogen) atoms. The average Bonchev–Trinajstić information content (AvgIpc) is 2.41. The van der Waals surface area contributed by atoms with Gasteiger partial charge in [0.05, 0.1) is 32.8 Å². The Balaban J connectivity index is 2.36. The highest BCUT2D eigenvalue weighted by Crippen LogP contribution is 2.46. The molecule has 4 heteroatoms. The highest BCUT2D eigenvalue weighted by molar-refractivity contribution is 5.51. The standard InChI is InChI=1S/C15H19NO3/c1-17-12-8-14(19-3)13(18-2)7-11(12)9-15(10-16)5-4-6-15/h7-8H,4-6,9H2,1-3H3. The van der Waals surface area contributed by atoms with Gasteiger partial charge in [-0.05, 0) is 30.9 Å². The summed E-state index contributed by atoms with van der Waals surface area (Å²) in [4.78, 5) is 0. The molecule has 0 aliphatic heterocycles. The molecule has 0 amide bonds. The number of nitriles is 1. The Hall–Kier alpha value is -1.89. The third-order valence-corrected chi connectivity index (χ3v) is 3.86. The molecule has 1 saturated carbocycles. The second-order valence-electron chi connectivity index (χ2n) is 4.94. The molecule has 0 N–H and O–H groups in total. The van der Waals surface area contributed by atoms with E-state index in [9.17, 15) is 5.26 Å². The van der Waals surface area contributed by atoms with E-state index < -0.39 is 0 Å².